The smallest absolute Gasteiger partial charge is 0.349 e. The molecule has 0 aliphatic carbocycles. The Morgan fingerprint density at radius 1 is 1.33 bits per heavy atom. The number of hydrogen-bond donors (Lipinski definition) is 0. The summed E-state index contributed by atoms with van der Waals surface area (Å²) in [5.74, 6) is 0.656. The normalized spacial score (nSPS) is 8.11. The molecule has 0 spiro atoms. The van der Waals surface area contributed by atoms with Gasteiger partial charge in [0.25, 0.3) is 0 Å². The fourth-order valence-electron chi connectivity index (χ4n) is 0.342. The summed E-state index contributed by atoms with van der Waals surface area (Å²) in [5.41, 5.74) is 0. The van der Waals surface area contributed by atoms with Crippen molar-refractivity contribution in [2.75, 3.05) is 0 Å². The Hall–Kier alpha value is 0.745. The Balaban J connectivity index is 0.000000640. The van der Waals surface area contributed by atoms with Crippen molar-refractivity contribution in [1.29, 1.82) is 0 Å². The van der Waals surface area contributed by atoms with Crippen LogP contribution < -0.4 is 58.2 Å². The van der Waals surface area contributed by atoms with Crippen LogP contribution in [0, 0.1) is 6.33 Å². The molecule has 1 rings (SSSR count). The second kappa shape index (κ2) is 5.52. The molecule has 0 fully saturated rings. The van der Waals surface area contributed by atoms with E-state index >= 15 is 0 Å². The van der Waals surface area contributed by atoms with Gasteiger partial charge in [-0.2, -0.15) is 10.2 Å². The van der Waals surface area contributed by atoms with Gasteiger partial charge >= 0.3 is 58.2 Å². The van der Waals surface area contributed by atoms with E-state index in [2.05, 4.69) is 26.7 Å². The molecular formula is C4H5N4Rb. The third kappa shape index (κ3) is 3.45. The number of aromatic nitrogens is 4. The molecule has 0 aliphatic heterocycles. The fraction of sp³-hybridized carbons (Fsp3) is 0.500. The molecule has 0 atom stereocenters. The first-order valence-electron chi connectivity index (χ1n) is 2.36. The molecule has 42 valence electrons. The molecule has 1 aromatic rings. The Labute approximate surface area is 102 Å². The van der Waals surface area contributed by atoms with Crippen molar-refractivity contribution in [3.8, 4) is 0 Å². The zero-order chi connectivity index (χ0) is 5.82. The van der Waals surface area contributed by atoms with E-state index in [-0.39, 0.29) is 58.2 Å². The summed E-state index contributed by atoms with van der Waals surface area (Å²) >= 11 is 0. The van der Waals surface area contributed by atoms with Crippen molar-refractivity contribution < 1.29 is 58.2 Å². The van der Waals surface area contributed by atoms with Crippen LogP contribution in [0.1, 0.15) is 12.7 Å². The maximum absolute atomic E-state index is 3.62. The summed E-state index contributed by atoms with van der Waals surface area (Å²) in [4.78, 5) is 0. The average Bonchev–Trinajstić information content (AvgIpc) is 1.90. The topological polar surface area (TPSA) is 51.6 Å². The molecule has 1 heterocycles. The third-order valence-corrected chi connectivity index (χ3v) is 0.737. The van der Waals surface area contributed by atoms with E-state index in [0.717, 1.165) is 6.42 Å². The van der Waals surface area contributed by atoms with Gasteiger partial charge in [-0.05, 0) is 0 Å². The number of nitrogens with zero attached hydrogens (tertiary/aromatic N) is 4. The van der Waals surface area contributed by atoms with Crippen LogP contribution in [-0.2, 0) is 6.42 Å². The molecule has 0 aromatic carbocycles. The Bertz CT molecular complexity index is 154. The summed E-state index contributed by atoms with van der Waals surface area (Å²) < 4.78 is 0. The monoisotopic (exact) mass is 194 g/mol. The summed E-state index contributed by atoms with van der Waals surface area (Å²) in [5, 5.41) is 14.0. The van der Waals surface area contributed by atoms with E-state index in [1.54, 1.807) is 0 Å². The van der Waals surface area contributed by atoms with Crippen LogP contribution in [0.25, 0.3) is 0 Å². The minimum atomic E-state index is 0. The van der Waals surface area contributed by atoms with Crippen LogP contribution in [0.2, 0.25) is 0 Å². The van der Waals surface area contributed by atoms with Crippen molar-refractivity contribution in [3.05, 3.63) is 12.2 Å². The Morgan fingerprint density at radius 2 is 1.89 bits per heavy atom. The van der Waals surface area contributed by atoms with Crippen LogP contribution in [0.3, 0.4) is 0 Å². The van der Waals surface area contributed by atoms with Crippen LogP contribution in [0.5, 0.6) is 0 Å². The summed E-state index contributed by atoms with van der Waals surface area (Å²) in [6, 6.07) is 0. The van der Waals surface area contributed by atoms with Gasteiger partial charge in [0, 0.05) is 6.42 Å². The first kappa shape index (κ1) is 9.75. The van der Waals surface area contributed by atoms with Gasteiger partial charge < -0.3 is 10.2 Å². The minimum absolute atomic E-state index is 0. The standard InChI is InChI=1S/C4H5N4.Rb/c1-2-4-7-5-3-6-8-4;/h2H2,1H3;/q-1;+1. The average molecular weight is 195 g/mol. The van der Waals surface area contributed by atoms with Gasteiger partial charge in [0.15, 0.2) is 5.82 Å². The second-order valence-corrected chi connectivity index (χ2v) is 1.27. The molecule has 5 heteroatoms. The predicted octanol–water partition coefficient (Wildman–Crippen LogP) is -3.37. The maximum atomic E-state index is 3.62. The van der Waals surface area contributed by atoms with Gasteiger partial charge in [-0.3, -0.25) is 0 Å². The molecule has 0 N–H and O–H groups in total. The quantitative estimate of drug-likeness (QED) is 0.438. The zero-order valence-corrected chi connectivity index (χ0v) is 10.4. The zero-order valence-electron chi connectivity index (χ0n) is 5.50. The Kier molecular flexibility index (Phi) is 5.98. The minimum Gasteiger partial charge on any atom is -0.349 e. The van der Waals surface area contributed by atoms with Crippen LogP contribution in [-0.4, -0.2) is 20.4 Å². The molecule has 0 unspecified atom stereocenters. The van der Waals surface area contributed by atoms with Gasteiger partial charge in [-0.15, -0.1) is 0 Å². The van der Waals surface area contributed by atoms with Gasteiger partial charge in [-0.25, -0.2) is 6.33 Å². The van der Waals surface area contributed by atoms with Gasteiger partial charge in [0.2, 0.25) is 0 Å². The van der Waals surface area contributed by atoms with E-state index in [0.29, 0.717) is 5.82 Å². The van der Waals surface area contributed by atoms with Crippen molar-refractivity contribution in [1.82, 2.24) is 20.4 Å². The van der Waals surface area contributed by atoms with Crippen LogP contribution in [0.15, 0.2) is 0 Å². The van der Waals surface area contributed by atoms with Crippen molar-refractivity contribution >= 4 is 0 Å². The Morgan fingerprint density at radius 3 is 2.22 bits per heavy atom. The SMILES string of the molecule is CCc1nn[c-]nn1.[Rb+]. The molecule has 0 saturated heterocycles. The van der Waals surface area contributed by atoms with E-state index in [4.69, 9.17) is 0 Å². The van der Waals surface area contributed by atoms with Gasteiger partial charge in [0.05, 0.1) is 0 Å². The molecule has 9 heavy (non-hydrogen) atoms. The molecular weight excluding hydrogens is 190 g/mol. The van der Waals surface area contributed by atoms with Crippen molar-refractivity contribution in [2.45, 2.75) is 13.3 Å². The number of hydrogen-bond acceptors (Lipinski definition) is 4. The molecule has 0 amide bonds. The summed E-state index contributed by atoms with van der Waals surface area (Å²) in [7, 11) is 0. The predicted molar refractivity (Wildman–Crippen MR) is 25.8 cm³/mol. The first-order valence-corrected chi connectivity index (χ1v) is 2.36. The van der Waals surface area contributed by atoms with Gasteiger partial charge in [-0.1, -0.05) is 6.92 Å². The molecule has 4 nitrogen and oxygen atoms in total. The summed E-state index contributed by atoms with van der Waals surface area (Å²) in [6.07, 6.45) is 3.02. The number of rotatable bonds is 1. The molecule has 1 aromatic heterocycles. The second-order valence-electron chi connectivity index (χ2n) is 1.27. The molecule has 0 radical (unpaired) electrons. The number of aryl methyl sites for hydroxylation is 1. The van der Waals surface area contributed by atoms with Crippen molar-refractivity contribution in [2.24, 2.45) is 0 Å². The fourth-order valence-corrected chi connectivity index (χ4v) is 0.342. The van der Waals surface area contributed by atoms with Crippen LogP contribution >= 0.6 is 0 Å². The molecule has 0 bridgehead atoms. The van der Waals surface area contributed by atoms with E-state index in [1.165, 1.54) is 0 Å². The van der Waals surface area contributed by atoms with E-state index < -0.39 is 0 Å². The third-order valence-electron chi connectivity index (χ3n) is 0.737. The van der Waals surface area contributed by atoms with E-state index in [1.807, 2.05) is 6.92 Å². The van der Waals surface area contributed by atoms with E-state index in [9.17, 15) is 0 Å². The largest absolute Gasteiger partial charge is 1.00 e. The first-order chi connectivity index (χ1) is 3.93. The van der Waals surface area contributed by atoms with Crippen LogP contribution in [0.4, 0.5) is 0 Å². The maximum Gasteiger partial charge on any atom is 1.00 e. The summed E-state index contributed by atoms with van der Waals surface area (Å²) in [6.45, 7) is 1.94. The molecule has 0 saturated carbocycles. The van der Waals surface area contributed by atoms with Gasteiger partial charge in [0.1, 0.15) is 0 Å². The molecule has 0 aliphatic rings. The van der Waals surface area contributed by atoms with Crippen molar-refractivity contribution in [3.63, 3.8) is 0 Å².